The van der Waals surface area contributed by atoms with Crippen molar-refractivity contribution in [2.45, 2.75) is 38.5 Å². The molecule has 0 aliphatic carbocycles. The summed E-state index contributed by atoms with van der Waals surface area (Å²) in [5.74, 6) is 0.294. The van der Waals surface area contributed by atoms with E-state index in [0.717, 1.165) is 33.4 Å². The molecule has 4 nitrogen and oxygen atoms in total. The van der Waals surface area contributed by atoms with Crippen LogP contribution in [0.15, 0.2) is 91.0 Å². The maximum atomic E-state index is 10.6. The molecule has 0 amide bonds. The molecule has 35 heavy (non-hydrogen) atoms. The highest BCUT2D eigenvalue weighted by molar-refractivity contribution is 6.31. The van der Waals surface area contributed by atoms with Crippen LogP contribution in [0.25, 0.3) is 16.7 Å². The summed E-state index contributed by atoms with van der Waals surface area (Å²) in [4.78, 5) is 1.71. The Kier molecular flexibility index (Phi) is 5.65. The van der Waals surface area contributed by atoms with E-state index in [9.17, 15) is 5.11 Å². The number of hydrogen-bond donors (Lipinski definition) is 1. The van der Waals surface area contributed by atoms with Gasteiger partial charge in [0.15, 0.2) is 0 Å². The van der Waals surface area contributed by atoms with E-state index in [-0.39, 0.29) is 5.41 Å². The molecular formula is C30H28ClN3O. The lowest BCUT2D eigenvalue weighted by molar-refractivity contribution is 0.453. The highest BCUT2D eigenvalue weighted by Crippen LogP contribution is 2.41. The van der Waals surface area contributed by atoms with Crippen LogP contribution in [-0.2, 0) is 10.8 Å². The number of para-hydroxylation sites is 1. The Labute approximate surface area is 210 Å². The number of hydrogen-bond acceptors (Lipinski definition) is 3. The minimum absolute atomic E-state index is 0.294. The van der Waals surface area contributed by atoms with E-state index < -0.39 is 5.41 Å². The molecule has 0 bridgehead atoms. The molecule has 0 radical (unpaired) electrons. The molecule has 0 aliphatic rings. The first kappa shape index (κ1) is 23.1. The van der Waals surface area contributed by atoms with Gasteiger partial charge in [0.2, 0.25) is 0 Å². The first-order valence-corrected chi connectivity index (χ1v) is 12.1. The molecule has 1 aromatic heterocycles. The quantitative estimate of drug-likeness (QED) is 0.284. The second-order valence-corrected chi connectivity index (χ2v) is 10.4. The molecule has 0 saturated carbocycles. The van der Waals surface area contributed by atoms with Crippen LogP contribution in [0.2, 0.25) is 5.02 Å². The molecule has 0 atom stereocenters. The molecule has 5 rings (SSSR count). The van der Waals surface area contributed by atoms with Crippen molar-refractivity contribution in [1.29, 1.82) is 0 Å². The minimum Gasteiger partial charge on any atom is -0.508 e. The third kappa shape index (κ3) is 4.08. The van der Waals surface area contributed by atoms with Gasteiger partial charge in [0.1, 0.15) is 16.8 Å². The first-order chi connectivity index (χ1) is 16.7. The van der Waals surface area contributed by atoms with Crippen LogP contribution in [0.1, 0.15) is 49.9 Å². The average Bonchev–Trinajstić information content (AvgIpc) is 3.27. The fourth-order valence-electron chi connectivity index (χ4n) is 4.76. The van der Waals surface area contributed by atoms with Crippen LogP contribution in [0.3, 0.4) is 0 Å². The van der Waals surface area contributed by atoms with Gasteiger partial charge < -0.3 is 5.11 Å². The topological polar surface area (TPSA) is 50.9 Å². The van der Waals surface area contributed by atoms with Gasteiger partial charge in [-0.1, -0.05) is 100.0 Å². The zero-order chi connectivity index (χ0) is 24.8. The molecule has 1 heterocycles. The number of aromatic hydroxyl groups is 1. The Morgan fingerprint density at radius 2 is 1.31 bits per heavy atom. The molecular weight excluding hydrogens is 454 g/mol. The predicted octanol–water partition coefficient (Wildman–Crippen LogP) is 7.43. The molecule has 0 unspecified atom stereocenters. The van der Waals surface area contributed by atoms with Gasteiger partial charge in [0.25, 0.3) is 0 Å². The zero-order valence-electron chi connectivity index (χ0n) is 20.3. The highest BCUT2D eigenvalue weighted by atomic mass is 35.5. The molecule has 0 fully saturated rings. The SMILES string of the molecule is CC(C)(c1ccc(-n2nc3ccc(Cl)cc3n2)c(C(C)(C)c2ccccc2)c1)c1ccccc1O. The number of phenolic OH excluding ortho intramolecular Hbond substituents is 1. The Morgan fingerprint density at radius 3 is 2.06 bits per heavy atom. The summed E-state index contributed by atoms with van der Waals surface area (Å²) in [6.45, 7) is 8.72. The zero-order valence-corrected chi connectivity index (χ0v) is 21.1. The lowest BCUT2D eigenvalue weighted by Gasteiger charge is -2.32. The molecule has 5 heteroatoms. The number of rotatable bonds is 5. The van der Waals surface area contributed by atoms with Gasteiger partial charge in [-0.15, -0.1) is 10.2 Å². The molecule has 0 saturated heterocycles. The molecule has 5 aromatic rings. The van der Waals surface area contributed by atoms with E-state index in [0.29, 0.717) is 10.8 Å². The summed E-state index contributed by atoms with van der Waals surface area (Å²) in [5.41, 5.74) is 5.96. The van der Waals surface area contributed by atoms with Crippen LogP contribution in [0.4, 0.5) is 0 Å². The largest absolute Gasteiger partial charge is 0.508 e. The maximum absolute atomic E-state index is 10.6. The fourth-order valence-corrected chi connectivity index (χ4v) is 4.93. The monoisotopic (exact) mass is 481 g/mol. The summed E-state index contributed by atoms with van der Waals surface area (Å²) in [7, 11) is 0. The molecule has 4 aromatic carbocycles. The first-order valence-electron chi connectivity index (χ1n) is 11.7. The van der Waals surface area contributed by atoms with Gasteiger partial charge >= 0.3 is 0 Å². The van der Waals surface area contributed by atoms with Crippen molar-refractivity contribution >= 4 is 22.6 Å². The van der Waals surface area contributed by atoms with E-state index in [1.165, 1.54) is 5.56 Å². The summed E-state index contributed by atoms with van der Waals surface area (Å²) in [6.07, 6.45) is 0. The average molecular weight is 482 g/mol. The van der Waals surface area contributed by atoms with Gasteiger partial charge in [-0.3, -0.25) is 0 Å². The third-order valence-electron chi connectivity index (χ3n) is 7.02. The van der Waals surface area contributed by atoms with Crippen molar-refractivity contribution in [3.8, 4) is 11.4 Å². The van der Waals surface area contributed by atoms with Crippen LogP contribution in [0, 0.1) is 0 Å². The third-order valence-corrected chi connectivity index (χ3v) is 7.26. The fraction of sp³-hybridized carbons (Fsp3) is 0.200. The van der Waals surface area contributed by atoms with Gasteiger partial charge in [0, 0.05) is 21.4 Å². The molecule has 1 N–H and O–H groups in total. The Bertz CT molecular complexity index is 1520. The second kappa shape index (κ2) is 8.54. The standard InChI is InChI=1S/C30H28ClN3O/c1-29(2,20-10-6-5-7-11-20)24-18-21(30(3,4)23-12-8-9-13-28(23)35)14-17-27(24)34-32-25-16-15-22(31)19-26(25)33-34/h5-19,35H,1-4H3. The van der Waals surface area contributed by atoms with Gasteiger partial charge in [-0.25, -0.2) is 0 Å². The van der Waals surface area contributed by atoms with E-state index in [1.807, 2.05) is 42.5 Å². The number of aromatic nitrogens is 3. The van der Waals surface area contributed by atoms with Crippen LogP contribution in [0.5, 0.6) is 5.75 Å². The second-order valence-electron chi connectivity index (χ2n) is 9.99. The summed E-state index contributed by atoms with van der Waals surface area (Å²) in [6, 6.07) is 30.0. The van der Waals surface area contributed by atoms with Crippen molar-refractivity contribution in [2.24, 2.45) is 0 Å². The van der Waals surface area contributed by atoms with Crippen molar-refractivity contribution < 1.29 is 5.11 Å². The molecule has 0 spiro atoms. The molecule has 176 valence electrons. The minimum atomic E-state index is -0.416. The van der Waals surface area contributed by atoms with Gasteiger partial charge in [-0.2, -0.15) is 4.80 Å². The lowest BCUT2D eigenvalue weighted by Crippen LogP contribution is -2.25. The number of fused-ring (bicyclic) bond motifs is 1. The number of nitrogens with zero attached hydrogens (tertiary/aromatic N) is 3. The van der Waals surface area contributed by atoms with Crippen molar-refractivity contribution in [2.75, 3.05) is 0 Å². The summed E-state index contributed by atoms with van der Waals surface area (Å²) < 4.78 is 0. The lowest BCUT2D eigenvalue weighted by atomic mass is 9.72. The molecule has 0 aliphatic heterocycles. The normalized spacial score (nSPS) is 12.3. The van der Waals surface area contributed by atoms with Crippen LogP contribution >= 0.6 is 11.6 Å². The van der Waals surface area contributed by atoms with Gasteiger partial charge in [0.05, 0.1) is 5.69 Å². The smallest absolute Gasteiger partial charge is 0.119 e. The van der Waals surface area contributed by atoms with E-state index >= 15 is 0 Å². The van der Waals surface area contributed by atoms with Crippen molar-refractivity contribution in [1.82, 2.24) is 15.0 Å². The Morgan fingerprint density at radius 1 is 0.657 bits per heavy atom. The van der Waals surface area contributed by atoms with Crippen LogP contribution < -0.4 is 0 Å². The van der Waals surface area contributed by atoms with Crippen LogP contribution in [-0.4, -0.2) is 20.1 Å². The Hall–Kier alpha value is -3.63. The number of phenols is 1. The van der Waals surface area contributed by atoms with Gasteiger partial charge in [-0.05, 0) is 47.0 Å². The van der Waals surface area contributed by atoms with E-state index in [4.69, 9.17) is 21.8 Å². The highest BCUT2D eigenvalue weighted by Gasteiger charge is 2.32. The van der Waals surface area contributed by atoms with E-state index in [2.05, 4.69) is 70.2 Å². The summed E-state index contributed by atoms with van der Waals surface area (Å²) in [5, 5.41) is 20.8. The summed E-state index contributed by atoms with van der Waals surface area (Å²) >= 11 is 6.20. The van der Waals surface area contributed by atoms with Crippen molar-refractivity contribution in [3.05, 3.63) is 118 Å². The van der Waals surface area contributed by atoms with Crippen molar-refractivity contribution in [3.63, 3.8) is 0 Å². The Balaban J connectivity index is 1.74. The number of halogens is 1. The number of benzene rings is 4. The maximum Gasteiger partial charge on any atom is 0.119 e. The van der Waals surface area contributed by atoms with E-state index in [1.54, 1.807) is 10.9 Å². The predicted molar refractivity (Wildman–Crippen MR) is 143 cm³/mol.